The van der Waals surface area contributed by atoms with E-state index in [1.807, 2.05) is 42.2 Å². The first kappa shape index (κ1) is 14.4. The Morgan fingerprint density at radius 3 is 2.65 bits per heavy atom. The van der Waals surface area contributed by atoms with Crippen LogP contribution in [0.1, 0.15) is 45.3 Å². The first-order valence-electron chi connectivity index (χ1n) is 7.14. The number of hydrogen-bond donors (Lipinski definition) is 1. The Balaban J connectivity index is 2.12. The molecule has 0 saturated heterocycles. The maximum Gasteiger partial charge on any atom is 0.124 e. The van der Waals surface area contributed by atoms with Crippen molar-refractivity contribution < 1.29 is 4.74 Å². The van der Waals surface area contributed by atoms with Gasteiger partial charge in [0.15, 0.2) is 0 Å². The normalized spacial score (nSPS) is 12.4. The van der Waals surface area contributed by atoms with Crippen LogP contribution in [0.2, 0.25) is 0 Å². The van der Waals surface area contributed by atoms with Gasteiger partial charge < -0.3 is 10.1 Å². The van der Waals surface area contributed by atoms with Gasteiger partial charge in [0, 0.05) is 17.8 Å². The fourth-order valence-electron chi connectivity index (χ4n) is 2.15. The molecule has 0 bridgehead atoms. The molecule has 0 radical (unpaired) electrons. The molecule has 1 unspecified atom stereocenters. The molecule has 4 nitrogen and oxygen atoms in total. The summed E-state index contributed by atoms with van der Waals surface area (Å²) in [6.07, 6.45) is 3.89. The summed E-state index contributed by atoms with van der Waals surface area (Å²) >= 11 is 0. The fraction of sp³-hybridized carbons (Fsp3) is 0.438. The molecule has 1 N–H and O–H groups in total. The second-order valence-electron chi connectivity index (χ2n) is 5.14. The van der Waals surface area contributed by atoms with Gasteiger partial charge in [-0.15, -0.1) is 0 Å². The third-order valence-corrected chi connectivity index (χ3v) is 3.20. The van der Waals surface area contributed by atoms with E-state index >= 15 is 0 Å². The lowest BCUT2D eigenvalue weighted by atomic mass is 10.1. The number of rotatable bonds is 6. The topological polar surface area (TPSA) is 39.1 Å². The van der Waals surface area contributed by atoms with Crippen LogP contribution in [0, 0.1) is 0 Å². The van der Waals surface area contributed by atoms with Gasteiger partial charge >= 0.3 is 0 Å². The Kier molecular flexibility index (Phi) is 4.66. The molecule has 1 atom stereocenters. The summed E-state index contributed by atoms with van der Waals surface area (Å²) in [6, 6.07) is 8.68. The standard InChI is InChI=1S/C16H23N3O/c1-5-20-16-9-7-6-8-15(16)13(4)18-14-10-17-19(11-14)12(2)3/h6-13,18H,5H2,1-4H3. The highest BCUT2D eigenvalue weighted by molar-refractivity contribution is 5.45. The van der Waals surface area contributed by atoms with E-state index in [2.05, 4.69) is 37.3 Å². The lowest BCUT2D eigenvalue weighted by molar-refractivity contribution is 0.335. The summed E-state index contributed by atoms with van der Waals surface area (Å²) in [5.41, 5.74) is 2.18. The van der Waals surface area contributed by atoms with Crippen LogP contribution in [0.15, 0.2) is 36.7 Å². The zero-order valence-electron chi connectivity index (χ0n) is 12.6. The average molecular weight is 273 g/mol. The molecule has 2 rings (SSSR count). The molecule has 1 heterocycles. The van der Waals surface area contributed by atoms with Gasteiger partial charge in [-0.05, 0) is 33.8 Å². The minimum Gasteiger partial charge on any atom is -0.494 e. The summed E-state index contributed by atoms with van der Waals surface area (Å²) in [4.78, 5) is 0. The zero-order valence-corrected chi connectivity index (χ0v) is 12.6. The van der Waals surface area contributed by atoms with Crippen LogP contribution >= 0.6 is 0 Å². The number of anilines is 1. The van der Waals surface area contributed by atoms with Crippen molar-refractivity contribution in [3.63, 3.8) is 0 Å². The third-order valence-electron chi connectivity index (χ3n) is 3.20. The van der Waals surface area contributed by atoms with E-state index in [1.54, 1.807) is 0 Å². The molecule has 0 saturated carbocycles. The Hall–Kier alpha value is -1.97. The van der Waals surface area contributed by atoms with E-state index in [0.29, 0.717) is 12.6 Å². The van der Waals surface area contributed by atoms with Crippen molar-refractivity contribution in [1.82, 2.24) is 9.78 Å². The van der Waals surface area contributed by atoms with Crippen molar-refractivity contribution in [3.8, 4) is 5.75 Å². The third kappa shape index (κ3) is 3.32. The van der Waals surface area contributed by atoms with Gasteiger partial charge in [0.05, 0.1) is 24.5 Å². The minimum atomic E-state index is 0.169. The zero-order chi connectivity index (χ0) is 14.5. The fourth-order valence-corrected chi connectivity index (χ4v) is 2.15. The second kappa shape index (κ2) is 6.46. The molecule has 0 aliphatic rings. The maximum absolute atomic E-state index is 5.68. The molecule has 1 aromatic carbocycles. The van der Waals surface area contributed by atoms with Crippen LogP contribution in [-0.2, 0) is 0 Å². The van der Waals surface area contributed by atoms with E-state index < -0.39 is 0 Å². The minimum absolute atomic E-state index is 0.169. The Bertz CT molecular complexity index is 548. The number of nitrogens with zero attached hydrogens (tertiary/aromatic N) is 2. The van der Waals surface area contributed by atoms with Crippen LogP contribution in [0.25, 0.3) is 0 Å². The summed E-state index contributed by atoms with van der Waals surface area (Å²) < 4.78 is 7.63. The van der Waals surface area contributed by atoms with Gasteiger partial charge in [-0.25, -0.2) is 0 Å². The van der Waals surface area contributed by atoms with Crippen LogP contribution < -0.4 is 10.1 Å². The molecule has 2 aromatic rings. The Morgan fingerprint density at radius 1 is 1.25 bits per heavy atom. The quantitative estimate of drug-likeness (QED) is 0.863. The van der Waals surface area contributed by atoms with Gasteiger partial charge in [0.2, 0.25) is 0 Å². The Labute approximate surface area is 120 Å². The number of para-hydroxylation sites is 1. The smallest absolute Gasteiger partial charge is 0.124 e. The maximum atomic E-state index is 5.68. The van der Waals surface area contributed by atoms with Crippen molar-refractivity contribution in [1.29, 1.82) is 0 Å². The monoisotopic (exact) mass is 273 g/mol. The lowest BCUT2D eigenvalue weighted by Gasteiger charge is -2.18. The van der Waals surface area contributed by atoms with Crippen molar-refractivity contribution in [2.24, 2.45) is 0 Å². The summed E-state index contributed by atoms with van der Waals surface area (Å²) in [7, 11) is 0. The van der Waals surface area contributed by atoms with Crippen molar-refractivity contribution in [2.75, 3.05) is 11.9 Å². The van der Waals surface area contributed by atoms with Crippen molar-refractivity contribution in [3.05, 3.63) is 42.2 Å². The predicted octanol–water partition coefficient (Wildman–Crippen LogP) is 4.04. The highest BCUT2D eigenvalue weighted by Gasteiger charge is 2.12. The molecular weight excluding hydrogens is 250 g/mol. The highest BCUT2D eigenvalue weighted by atomic mass is 16.5. The van der Waals surface area contributed by atoms with E-state index in [4.69, 9.17) is 4.74 Å². The second-order valence-corrected chi connectivity index (χ2v) is 5.14. The summed E-state index contributed by atoms with van der Waals surface area (Å²) in [5.74, 6) is 0.936. The number of hydrogen-bond acceptors (Lipinski definition) is 3. The average Bonchev–Trinajstić information content (AvgIpc) is 2.88. The molecule has 1 aromatic heterocycles. The van der Waals surface area contributed by atoms with Gasteiger partial charge in [-0.3, -0.25) is 4.68 Å². The van der Waals surface area contributed by atoms with Crippen LogP contribution in [-0.4, -0.2) is 16.4 Å². The molecule has 0 spiro atoms. The number of aromatic nitrogens is 2. The van der Waals surface area contributed by atoms with Crippen LogP contribution in [0.3, 0.4) is 0 Å². The highest BCUT2D eigenvalue weighted by Crippen LogP contribution is 2.27. The molecule has 0 aliphatic carbocycles. The molecule has 0 aliphatic heterocycles. The largest absolute Gasteiger partial charge is 0.494 e. The van der Waals surface area contributed by atoms with E-state index in [-0.39, 0.29) is 6.04 Å². The summed E-state index contributed by atoms with van der Waals surface area (Å²) in [6.45, 7) is 9.04. The van der Waals surface area contributed by atoms with Gasteiger partial charge in [-0.1, -0.05) is 18.2 Å². The van der Waals surface area contributed by atoms with Gasteiger partial charge in [-0.2, -0.15) is 5.10 Å². The number of benzene rings is 1. The number of nitrogens with one attached hydrogen (secondary N) is 1. The van der Waals surface area contributed by atoms with Crippen molar-refractivity contribution >= 4 is 5.69 Å². The molecule has 108 valence electrons. The first-order valence-corrected chi connectivity index (χ1v) is 7.14. The Morgan fingerprint density at radius 2 is 2.00 bits per heavy atom. The molecule has 0 fully saturated rings. The molecule has 4 heteroatoms. The van der Waals surface area contributed by atoms with Gasteiger partial charge in [0.1, 0.15) is 5.75 Å². The van der Waals surface area contributed by atoms with E-state index in [9.17, 15) is 0 Å². The predicted molar refractivity (Wildman–Crippen MR) is 82.3 cm³/mol. The molecule has 20 heavy (non-hydrogen) atoms. The van der Waals surface area contributed by atoms with E-state index in [0.717, 1.165) is 17.0 Å². The van der Waals surface area contributed by atoms with Crippen LogP contribution in [0.4, 0.5) is 5.69 Å². The number of ether oxygens (including phenoxy) is 1. The first-order chi connectivity index (χ1) is 9.61. The van der Waals surface area contributed by atoms with Crippen LogP contribution in [0.5, 0.6) is 5.75 Å². The lowest BCUT2D eigenvalue weighted by Crippen LogP contribution is -2.08. The molecule has 0 amide bonds. The SMILES string of the molecule is CCOc1ccccc1C(C)Nc1cnn(C(C)C)c1. The van der Waals surface area contributed by atoms with Gasteiger partial charge in [0.25, 0.3) is 0 Å². The molecular formula is C16H23N3O. The summed E-state index contributed by atoms with van der Waals surface area (Å²) in [5, 5.41) is 7.81. The van der Waals surface area contributed by atoms with Crippen molar-refractivity contribution in [2.45, 2.75) is 39.8 Å². The van der Waals surface area contributed by atoms with E-state index in [1.165, 1.54) is 0 Å².